The van der Waals surface area contributed by atoms with Gasteiger partial charge in [0.05, 0.1) is 5.69 Å². The van der Waals surface area contributed by atoms with Gasteiger partial charge in [-0.25, -0.2) is 4.98 Å². The molecule has 1 aliphatic rings. The van der Waals surface area contributed by atoms with Gasteiger partial charge in [-0.05, 0) is 50.2 Å². The quantitative estimate of drug-likeness (QED) is 0.894. The summed E-state index contributed by atoms with van der Waals surface area (Å²) in [6.07, 6.45) is 4.04. The molecule has 4 heteroatoms. The molecule has 2 heterocycles. The third-order valence-corrected chi connectivity index (χ3v) is 5.45. The molecule has 0 aliphatic carbocycles. The van der Waals surface area contributed by atoms with Gasteiger partial charge in [0.15, 0.2) is 0 Å². The molecule has 1 saturated heterocycles. The van der Waals surface area contributed by atoms with Crippen molar-refractivity contribution in [2.24, 2.45) is 11.3 Å². The molecule has 21 heavy (non-hydrogen) atoms. The lowest BCUT2D eigenvalue weighted by atomic mass is 9.77. The van der Waals surface area contributed by atoms with Crippen LogP contribution in [0.15, 0.2) is 5.38 Å². The SMILES string of the molecule is CCNCc1nc(CN2CCCC(C(C)(C)C)CC2)cs1. The van der Waals surface area contributed by atoms with Crippen molar-refractivity contribution in [2.75, 3.05) is 19.6 Å². The van der Waals surface area contributed by atoms with Gasteiger partial charge >= 0.3 is 0 Å². The highest BCUT2D eigenvalue weighted by Crippen LogP contribution is 2.34. The molecule has 0 spiro atoms. The Bertz CT molecular complexity index is 422. The summed E-state index contributed by atoms with van der Waals surface area (Å²) in [7, 11) is 0. The lowest BCUT2D eigenvalue weighted by Crippen LogP contribution is -2.26. The summed E-state index contributed by atoms with van der Waals surface area (Å²) in [6, 6.07) is 0. The van der Waals surface area contributed by atoms with Crippen molar-refractivity contribution in [1.82, 2.24) is 15.2 Å². The van der Waals surface area contributed by atoms with E-state index in [2.05, 4.69) is 43.3 Å². The Balaban J connectivity index is 1.84. The fourth-order valence-electron chi connectivity index (χ4n) is 3.14. The minimum absolute atomic E-state index is 0.454. The Labute approximate surface area is 134 Å². The Hall–Kier alpha value is -0.450. The number of likely N-dealkylation sites (tertiary alicyclic amines) is 1. The van der Waals surface area contributed by atoms with E-state index in [1.165, 1.54) is 43.1 Å². The zero-order chi connectivity index (χ0) is 15.3. The van der Waals surface area contributed by atoms with Crippen molar-refractivity contribution in [2.45, 2.75) is 60.0 Å². The van der Waals surface area contributed by atoms with Crippen molar-refractivity contribution < 1.29 is 0 Å². The van der Waals surface area contributed by atoms with Crippen LogP contribution in [0, 0.1) is 11.3 Å². The third kappa shape index (κ3) is 5.35. The second kappa shape index (κ2) is 7.70. The van der Waals surface area contributed by atoms with Gasteiger partial charge in [0, 0.05) is 18.5 Å². The standard InChI is InChI=1S/C17H31N3S/c1-5-18-11-16-19-15(13-21-16)12-20-9-6-7-14(8-10-20)17(2,3)4/h13-14,18H,5-12H2,1-4H3. The molecule has 0 aromatic carbocycles. The first-order valence-corrected chi connectivity index (χ1v) is 9.23. The molecule has 0 radical (unpaired) electrons. The zero-order valence-corrected chi connectivity index (χ0v) is 14.9. The highest BCUT2D eigenvalue weighted by Gasteiger charge is 2.27. The van der Waals surface area contributed by atoms with Gasteiger partial charge in [0.2, 0.25) is 0 Å². The molecule has 2 rings (SSSR count). The van der Waals surface area contributed by atoms with Gasteiger partial charge in [0.25, 0.3) is 0 Å². The molecule has 1 aromatic heterocycles. The lowest BCUT2D eigenvalue weighted by Gasteiger charge is -2.29. The van der Waals surface area contributed by atoms with Gasteiger partial charge in [-0.3, -0.25) is 4.90 Å². The van der Waals surface area contributed by atoms with E-state index >= 15 is 0 Å². The molecule has 0 saturated carbocycles. The summed E-state index contributed by atoms with van der Waals surface area (Å²) >= 11 is 1.79. The Morgan fingerprint density at radius 2 is 2.14 bits per heavy atom. The van der Waals surface area contributed by atoms with Crippen LogP contribution in [-0.4, -0.2) is 29.5 Å². The van der Waals surface area contributed by atoms with Gasteiger partial charge in [-0.1, -0.05) is 27.7 Å². The van der Waals surface area contributed by atoms with Gasteiger partial charge < -0.3 is 5.32 Å². The molecule has 0 amide bonds. The summed E-state index contributed by atoms with van der Waals surface area (Å²) in [4.78, 5) is 7.35. The summed E-state index contributed by atoms with van der Waals surface area (Å²) in [6.45, 7) is 14.7. The minimum atomic E-state index is 0.454. The Morgan fingerprint density at radius 3 is 2.86 bits per heavy atom. The van der Waals surface area contributed by atoms with E-state index in [9.17, 15) is 0 Å². The predicted octanol–water partition coefficient (Wildman–Crippen LogP) is 3.90. The second-order valence-corrected chi connectivity index (χ2v) is 8.23. The first-order valence-electron chi connectivity index (χ1n) is 8.35. The maximum absolute atomic E-state index is 4.75. The molecule has 1 fully saturated rings. The van der Waals surface area contributed by atoms with Crippen LogP contribution in [0.3, 0.4) is 0 Å². The molecule has 1 aromatic rings. The summed E-state index contributed by atoms with van der Waals surface area (Å²) < 4.78 is 0. The Kier molecular flexibility index (Phi) is 6.20. The summed E-state index contributed by atoms with van der Waals surface area (Å²) in [5, 5.41) is 6.80. The molecule has 1 unspecified atom stereocenters. The van der Waals surface area contributed by atoms with E-state index in [1.807, 2.05) is 0 Å². The van der Waals surface area contributed by atoms with Crippen molar-refractivity contribution in [3.8, 4) is 0 Å². The highest BCUT2D eigenvalue weighted by molar-refractivity contribution is 7.09. The van der Waals surface area contributed by atoms with Gasteiger partial charge in [-0.15, -0.1) is 11.3 Å². The van der Waals surface area contributed by atoms with Gasteiger partial charge in [-0.2, -0.15) is 0 Å². The van der Waals surface area contributed by atoms with Crippen molar-refractivity contribution in [3.05, 3.63) is 16.1 Å². The zero-order valence-electron chi connectivity index (χ0n) is 14.1. The number of hydrogen-bond acceptors (Lipinski definition) is 4. The largest absolute Gasteiger partial charge is 0.311 e. The van der Waals surface area contributed by atoms with E-state index in [-0.39, 0.29) is 0 Å². The van der Waals surface area contributed by atoms with Crippen molar-refractivity contribution >= 4 is 11.3 Å². The average molecular weight is 310 g/mol. The predicted molar refractivity (Wildman–Crippen MR) is 91.6 cm³/mol. The van der Waals surface area contributed by atoms with Crippen LogP contribution in [-0.2, 0) is 13.1 Å². The van der Waals surface area contributed by atoms with E-state index in [0.29, 0.717) is 5.41 Å². The second-order valence-electron chi connectivity index (χ2n) is 7.28. The molecular weight excluding hydrogens is 278 g/mol. The molecule has 120 valence electrons. The third-order valence-electron chi connectivity index (χ3n) is 4.56. The molecule has 1 aliphatic heterocycles. The molecular formula is C17H31N3S. The van der Waals surface area contributed by atoms with Gasteiger partial charge in [0.1, 0.15) is 5.01 Å². The molecule has 1 atom stereocenters. The number of hydrogen-bond donors (Lipinski definition) is 1. The van der Waals surface area contributed by atoms with E-state index < -0.39 is 0 Å². The Morgan fingerprint density at radius 1 is 1.33 bits per heavy atom. The topological polar surface area (TPSA) is 28.2 Å². The monoisotopic (exact) mass is 309 g/mol. The van der Waals surface area contributed by atoms with E-state index in [1.54, 1.807) is 11.3 Å². The normalized spacial score (nSPS) is 21.4. The number of aromatic nitrogens is 1. The maximum atomic E-state index is 4.75. The van der Waals surface area contributed by atoms with E-state index in [0.717, 1.165) is 25.6 Å². The van der Waals surface area contributed by atoms with Crippen molar-refractivity contribution in [1.29, 1.82) is 0 Å². The number of nitrogens with zero attached hydrogens (tertiary/aromatic N) is 2. The molecule has 0 bridgehead atoms. The van der Waals surface area contributed by atoms with E-state index in [4.69, 9.17) is 4.98 Å². The van der Waals surface area contributed by atoms with Crippen LogP contribution >= 0.6 is 11.3 Å². The van der Waals surface area contributed by atoms with Crippen LogP contribution in [0.4, 0.5) is 0 Å². The highest BCUT2D eigenvalue weighted by atomic mass is 32.1. The fraction of sp³-hybridized carbons (Fsp3) is 0.824. The average Bonchev–Trinajstić information content (AvgIpc) is 2.71. The minimum Gasteiger partial charge on any atom is -0.311 e. The first kappa shape index (κ1) is 16.9. The summed E-state index contributed by atoms with van der Waals surface area (Å²) in [5.41, 5.74) is 1.71. The van der Waals surface area contributed by atoms with Crippen LogP contribution in [0.5, 0.6) is 0 Å². The van der Waals surface area contributed by atoms with Crippen molar-refractivity contribution in [3.63, 3.8) is 0 Å². The maximum Gasteiger partial charge on any atom is 0.107 e. The molecule has 3 nitrogen and oxygen atoms in total. The molecule has 1 N–H and O–H groups in total. The number of nitrogens with one attached hydrogen (secondary N) is 1. The lowest BCUT2D eigenvalue weighted by molar-refractivity contribution is 0.206. The number of thiazole rings is 1. The van der Waals surface area contributed by atoms with Crippen LogP contribution in [0.2, 0.25) is 0 Å². The first-order chi connectivity index (χ1) is 9.99. The fourth-order valence-corrected chi connectivity index (χ4v) is 3.90. The smallest absolute Gasteiger partial charge is 0.107 e. The summed E-state index contributed by atoms with van der Waals surface area (Å²) in [5.74, 6) is 0.863. The van der Waals surface area contributed by atoms with Crippen LogP contribution in [0.25, 0.3) is 0 Å². The van der Waals surface area contributed by atoms with Crippen LogP contribution < -0.4 is 5.32 Å². The van der Waals surface area contributed by atoms with Crippen LogP contribution in [0.1, 0.15) is 57.7 Å². The number of rotatable bonds is 5.